The molecule has 2 fully saturated rings. The van der Waals surface area contributed by atoms with Crippen LogP contribution in [0.15, 0.2) is 42.6 Å². The molecule has 5 N–H and O–H groups in total. The Hall–Kier alpha value is -3.95. The summed E-state index contributed by atoms with van der Waals surface area (Å²) in [6, 6.07) is 8.89. The molecule has 2 aliphatic heterocycles. The fourth-order valence-electron chi connectivity index (χ4n) is 4.44. The zero-order chi connectivity index (χ0) is 23.5. The first kappa shape index (κ1) is 22.3. The smallest absolute Gasteiger partial charge is 0.316 e. The Labute approximate surface area is 190 Å². The SMILES string of the molecule is NC(=O)Nc1ccc(C(=O)N2CCCC(C3CN(C(=O)c4cc(C(N)=O)ccn4)C3)C2)cc1. The summed E-state index contributed by atoms with van der Waals surface area (Å²) in [5, 5.41) is 2.48. The highest BCUT2D eigenvalue weighted by atomic mass is 16.2. The number of rotatable bonds is 5. The highest BCUT2D eigenvalue weighted by molar-refractivity contribution is 5.98. The van der Waals surface area contributed by atoms with Crippen LogP contribution >= 0.6 is 0 Å². The minimum Gasteiger partial charge on any atom is -0.366 e. The number of aromatic nitrogens is 1. The Morgan fingerprint density at radius 3 is 2.24 bits per heavy atom. The fraction of sp³-hybridized carbons (Fsp3) is 0.348. The van der Waals surface area contributed by atoms with Gasteiger partial charge >= 0.3 is 6.03 Å². The highest BCUT2D eigenvalue weighted by Gasteiger charge is 2.39. The van der Waals surface area contributed by atoms with Crippen LogP contribution in [0.4, 0.5) is 10.5 Å². The van der Waals surface area contributed by atoms with E-state index in [1.807, 2.05) is 4.90 Å². The molecule has 0 bridgehead atoms. The van der Waals surface area contributed by atoms with E-state index in [2.05, 4.69) is 10.3 Å². The topological polar surface area (TPSA) is 152 Å². The first-order valence-corrected chi connectivity index (χ1v) is 10.8. The van der Waals surface area contributed by atoms with E-state index in [1.165, 1.54) is 18.3 Å². The molecule has 0 spiro atoms. The normalized spacial score (nSPS) is 18.4. The summed E-state index contributed by atoms with van der Waals surface area (Å²) >= 11 is 0. The third kappa shape index (κ3) is 4.94. The standard InChI is InChI=1S/C23H26N6O4/c24-20(30)15-7-8-26-19(10-15)22(32)29-12-17(13-29)16-2-1-9-28(11-16)21(31)14-3-5-18(6-4-14)27-23(25)33/h3-8,10,16-17H,1-2,9,11-13H2,(H2,24,30)(H3,25,27,33). The largest absolute Gasteiger partial charge is 0.366 e. The van der Waals surface area contributed by atoms with Gasteiger partial charge in [-0.15, -0.1) is 0 Å². The average molecular weight is 450 g/mol. The molecule has 10 heteroatoms. The first-order chi connectivity index (χ1) is 15.8. The van der Waals surface area contributed by atoms with E-state index in [0.717, 1.165) is 12.8 Å². The summed E-state index contributed by atoms with van der Waals surface area (Å²) in [5.41, 5.74) is 11.9. The lowest BCUT2D eigenvalue weighted by atomic mass is 9.80. The lowest BCUT2D eigenvalue weighted by molar-refractivity contribution is 0.0184. The molecule has 4 rings (SSSR count). The number of likely N-dealkylation sites (tertiary alicyclic amines) is 2. The maximum Gasteiger partial charge on any atom is 0.316 e. The van der Waals surface area contributed by atoms with Gasteiger partial charge in [-0.2, -0.15) is 0 Å². The number of carbonyl (C=O) groups is 4. The van der Waals surface area contributed by atoms with Crippen molar-refractivity contribution in [3.05, 3.63) is 59.4 Å². The minimum atomic E-state index is -0.655. The van der Waals surface area contributed by atoms with Crippen molar-refractivity contribution in [3.63, 3.8) is 0 Å². The molecule has 33 heavy (non-hydrogen) atoms. The van der Waals surface area contributed by atoms with Crippen molar-refractivity contribution in [2.24, 2.45) is 23.3 Å². The molecular formula is C23H26N6O4. The lowest BCUT2D eigenvalue weighted by Crippen LogP contribution is -2.56. The van der Waals surface area contributed by atoms with Crippen LogP contribution in [0, 0.1) is 11.8 Å². The Kier molecular flexibility index (Phi) is 6.25. The highest BCUT2D eigenvalue weighted by Crippen LogP contribution is 2.32. The molecule has 1 aromatic carbocycles. The molecule has 0 saturated carbocycles. The van der Waals surface area contributed by atoms with Gasteiger partial charge in [0.25, 0.3) is 11.8 Å². The Bertz CT molecular complexity index is 1080. The second kappa shape index (κ2) is 9.27. The van der Waals surface area contributed by atoms with Gasteiger partial charge in [-0.25, -0.2) is 4.79 Å². The summed E-state index contributed by atoms with van der Waals surface area (Å²) in [7, 11) is 0. The van der Waals surface area contributed by atoms with Crippen molar-refractivity contribution in [1.29, 1.82) is 0 Å². The van der Waals surface area contributed by atoms with Crippen molar-refractivity contribution in [2.75, 3.05) is 31.5 Å². The van der Waals surface area contributed by atoms with Gasteiger partial charge in [0, 0.05) is 49.2 Å². The number of amides is 5. The second-order valence-corrected chi connectivity index (χ2v) is 8.48. The van der Waals surface area contributed by atoms with Crippen molar-refractivity contribution in [1.82, 2.24) is 14.8 Å². The molecule has 3 heterocycles. The van der Waals surface area contributed by atoms with Crippen molar-refractivity contribution < 1.29 is 19.2 Å². The monoisotopic (exact) mass is 450 g/mol. The van der Waals surface area contributed by atoms with E-state index in [1.54, 1.807) is 29.2 Å². The zero-order valence-electron chi connectivity index (χ0n) is 18.1. The number of nitrogens with zero attached hydrogens (tertiary/aromatic N) is 3. The van der Waals surface area contributed by atoms with Gasteiger partial charge in [-0.3, -0.25) is 19.4 Å². The van der Waals surface area contributed by atoms with E-state index in [-0.39, 0.29) is 23.1 Å². The second-order valence-electron chi connectivity index (χ2n) is 8.48. The van der Waals surface area contributed by atoms with E-state index < -0.39 is 11.9 Å². The number of nitrogens with two attached hydrogens (primary N) is 2. The summed E-state index contributed by atoms with van der Waals surface area (Å²) in [6.07, 6.45) is 3.32. The van der Waals surface area contributed by atoms with E-state index in [4.69, 9.17) is 11.5 Å². The van der Waals surface area contributed by atoms with Crippen LogP contribution in [0.2, 0.25) is 0 Å². The third-order valence-corrected chi connectivity index (χ3v) is 6.27. The van der Waals surface area contributed by atoms with Crippen molar-refractivity contribution in [3.8, 4) is 0 Å². The van der Waals surface area contributed by atoms with Crippen LogP contribution in [0.3, 0.4) is 0 Å². The predicted molar refractivity (Wildman–Crippen MR) is 120 cm³/mol. The Morgan fingerprint density at radius 1 is 0.879 bits per heavy atom. The maximum absolute atomic E-state index is 13.0. The molecule has 172 valence electrons. The van der Waals surface area contributed by atoms with Crippen molar-refractivity contribution in [2.45, 2.75) is 12.8 Å². The molecule has 0 aliphatic carbocycles. The van der Waals surface area contributed by atoms with Gasteiger partial charge in [0.1, 0.15) is 5.69 Å². The lowest BCUT2D eigenvalue weighted by Gasteiger charge is -2.46. The van der Waals surface area contributed by atoms with Crippen LogP contribution in [0.5, 0.6) is 0 Å². The van der Waals surface area contributed by atoms with Gasteiger partial charge in [0.05, 0.1) is 0 Å². The molecule has 2 saturated heterocycles. The molecule has 0 radical (unpaired) electrons. The van der Waals surface area contributed by atoms with Crippen LogP contribution < -0.4 is 16.8 Å². The maximum atomic E-state index is 13.0. The van der Waals surface area contributed by atoms with Crippen LogP contribution in [0.25, 0.3) is 0 Å². The number of benzene rings is 1. The number of hydrogen-bond acceptors (Lipinski definition) is 5. The average Bonchev–Trinajstić information content (AvgIpc) is 2.78. The quantitative estimate of drug-likeness (QED) is 0.627. The summed E-state index contributed by atoms with van der Waals surface area (Å²) < 4.78 is 0. The number of nitrogens with one attached hydrogen (secondary N) is 1. The summed E-state index contributed by atoms with van der Waals surface area (Å²) in [5.74, 6) is -0.245. The van der Waals surface area contributed by atoms with Gasteiger partial charge in [0.2, 0.25) is 5.91 Å². The predicted octanol–water partition coefficient (Wildman–Crippen LogP) is 1.30. The molecule has 2 aromatic rings. The van der Waals surface area contributed by atoms with E-state index >= 15 is 0 Å². The first-order valence-electron chi connectivity index (χ1n) is 10.8. The number of piperidine rings is 1. The van der Waals surface area contributed by atoms with Gasteiger partial charge in [-0.1, -0.05) is 0 Å². The van der Waals surface area contributed by atoms with Crippen LogP contribution in [0.1, 0.15) is 44.0 Å². The van der Waals surface area contributed by atoms with Gasteiger partial charge in [-0.05, 0) is 61.1 Å². The van der Waals surface area contributed by atoms with Crippen molar-refractivity contribution >= 4 is 29.4 Å². The van der Waals surface area contributed by atoms with E-state index in [9.17, 15) is 19.2 Å². The zero-order valence-corrected chi connectivity index (χ0v) is 18.1. The van der Waals surface area contributed by atoms with Crippen LogP contribution in [-0.4, -0.2) is 64.7 Å². The number of hydrogen-bond donors (Lipinski definition) is 3. The Morgan fingerprint density at radius 2 is 1.58 bits per heavy atom. The Balaban J connectivity index is 1.33. The molecule has 5 amide bonds. The number of primary amides is 2. The minimum absolute atomic E-state index is 0.0509. The van der Waals surface area contributed by atoms with Gasteiger partial charge < -0.3 is 26.6 Å². The number of urea groups is 1. The molecule has 1 unspecified atom stereocenters. The molecule has 2 aliphatic rings. The van der Waals surface area contributed by atoms with Gasteiger partial charge in [0.15, 0.2) is 0 Å². The molecule has 10 nitrogen and oxygen atoms in total. The molecule has 1 aromatic heterocycles. The fourth-order valence-corrected chi connectivity index (χ4v) is 4.44. The number of carbonyl (C=O) groups excluding carboxylic acids is 4. The number of anilines is 1. The molecule has 1 atom stereocenters. The van der Waals surface area contributed by atoms with E-state index in [0.29, 0.717) is 49.3 Å². The summed E-state index contributed by atoms with van der Waals surface area (Å²) in [6.45, 7) is 2.53. The third-order valence-electron chi connectivity index (χ3n) is 6.27. The molecular weight excluding hydrogens is 424 g/mol. The number of pyridine rings is 1. The van der Waals surface area contributed by atoms with Crippen LogP contribution in [-0.2, 0) is 0 Å². The summed E-state index contributed by atoms with van der Waals surface area (Å²) in [4.78, 5) is 55.6.